The van der Waals surface area contributed by atoms with E-state index in [-0.39, 0.29) is 0 Å². The van der Waals surface area contributed by atoms with Gasteiger partial charge in [-0.15, -0.1) is 0 Å². The molecular weight excluding hydrogens is 304 g/mol. The maximum atomic E-state index is 6.08. The topological polar surface area (TPSA) is 18.5 Å². The van der Waals surface area contributed by atoms with Crippen LogP contribution in [0.3, 0.4) is 0 Å². The lowest BCUT2D eigenvalue weighted by molar-refractivity contribution is 0.485. The van der Waals surface area contributed by atoms with Crippen LogP contribution in [0, 0.1) is 0 Å². The van der Waals surface area contributed by atoms with Gasteiger partial charge in [0.15, 0.2) is 0 Å². The van der Waals surface area contributed by atoms with Gasteiger partial charge in [-0.3, -0.25) is 0 Å². The molecule has 0 radical (unpaired) electrons. The molecule has 0 saturated heterocycles. The summed E-state index contributed by atoms with van der Waals surface area (Å²) in [5.74, 6) is 1.74. The highest BCUT2D eigenvalue weighted by molar-refractivity contribution is 6.82. The SMILES string of the molecule is [SiH3]O[SiH](c1ccccc1)c1ccccc1Oc1ccccc1. The number of para-hydroxylation sites is 2. The first-order valence-corrected chi connectivity index (χ1v) is 9.72. The first kappa shape index (κ1) is 14.8. The summed E-state index contributed by atoms with van der Waals surface area (Å²) in [6, 6.07) is 28.5. The molecule has 3 rings (SSSR count). The van der Waals surface area contributed by atoms with Gasteiger partial charge in [0.25, 0.3) is 0 Å². The van der Waals surface area contributed by atoms with E-state index in [2.05, 4.69) is 36.4 Å². The zero-order valence-electron chi connectivity index (χ0n) is 12.5. The van der Waals surface area contributed by atoms with Crippen LogP contribution in [0.4, 0.5) is 0 Å². The van der Waals surface area contributed by atoms with E-state index in [0.29, 0.717) is 0 Å². The maximum Gasteiger partial charge on any atom is 0.231 e. The zero-order valence-corrected chi connectivity index (χ0v) is 15.6. The molecule has 0 aromatic heterocycles. The fourth-order valence-corrected chi connectivity index (χ4v) is 6.21. The van der Waals surface area contributed by atoms with Crippen LogP contribution in [0.25, 0.3) is 0 Å². The van der Waals surface area contributed by atoms with Crippen LogP contribution in [-0.2, 0) is 4.12 Å². The number of rotatable bonds is 5. The highest BCUT2D eigenvalue weighted by atomic mass is 28.3. The van der Waals surface area contributed by atoms with Crippen molar-refractivity contribution >= 4 is 29.9 Å². The summed E-state index contributed by atoms with van der Waals surface area (Å²) < 4.78 is 12.1. The van der Waals surface area contributed by atoms with Gasteiger partial charge in [0, 0.05) is 5.19 Å². The van der Waals surface area contributed by atoms with E-state index in [1.807, 2.05) is 48.5 Å². The fraction of sp³-hybridized carbons (Fsp3) is 0. The van der Waals surface area contributed by atoms with Crippen LogP contribution >= 0.6 is 0 Å². The first-order chi connectivity index (χ1) is 10.9. The Balaban J connectivity index is 1.96. The molecular formula is C18H18O2Si2. The Kier molecular flexibility index (Phi) is 4.85. The van der Waals surface area contributed by atoms with Crippen molar-refractivity contribution < 1.29 is 8.85 Å². The molecule has 0 saturated carbocycles. The van der Waals surface area contributed by atoms with Crippen LogP contribution in [-0.4, -0.2) is 19.5 Å². The van der Waals surface area contributed by atoms with E-state index < -0.39 is 9.04 Å². The van der Waals surface area contributed by atoms with Crippen LogP contribution in [0.5, 0.6) is 11.5 Å². The van der Waals surface area contributed by atoms with E-state index in [1.54, 1.807) is 0 Å². The second kappa shape index (κ2) is 7.22. The molecule has 1 unspecified atom stereocenters. The van der Waals surface area contributed by atoms with E-state index in [4.69, 9.17) is 8.85 Å². The monoisotopic (exact) mass is 322 g/mol. The maximum absolute atomic E-state index is 6.08. The summed E-state index contributed by atoms with van der Waals surface area (Å²) in [5.41, 5.74) is 0. The smallest absolute Gasteiger partial charge is 0.231 e. The average molecular weight is 323 g/mol. The van der Waals surface area contributed by atoms with Gasteiger partial charge in [0.2, 0.25) is 9.04 Å². The molecule has 0 amide bonds. The Hall–Kier alpha value is -2.15. The highest BCUT2D eigenvalue weighted by Crippen LogP contribution is 2.19. The Morgan fingerprint density at radius 2 is 1.27 bits per heavy atom. The minimum absolute atomic E-state index is 0.719. The van der Waals surface area contributed by atoms with Crippen molar-refractivity contribution in [1.29, 1.82) is 0 Å². The van der Waals surface area contributed by atoms with Crippen molar-refractivity contribution in [3.8, 4) is 11.5 Å². The lowest BCUT2D eigenvalue weighted by Crippen LogP contribution is -2.44. The van der Waals surface area contributed by atoms with Crippen LogP contribution in [0.2, 0.25) is 0 Å². The third-order valence-electron chi connectivity index (χ3n) is 3.51. The van der Waals surface area contributed by atoms with Gasteiger partial charge >= 0.3 is 0 Å². The quantitative estimate of drug-likeness (QED) is 0.665. The third-order valence-corrected chi connectivity index (χ3v) is 7.43. The molecule has 4 heteroatoms. The van der Waals surface area contributed by atoms with Crippen molar-refractivity contribution in [3.63, 3.8) is 0 Å². The minimum Gasteiger partial charge on any atom is -0.459 e. The minimum atomic E-state index is -1.67. The van der Waals surface area contributed by atoms with E-state index in [0.717, 1.165) is 22.0 Å². The van der Waals surface area contributed by atoms with Crippen LogP contribution in [0.15, 0.2) is 84.9 Å². The summed E-state index contributed by atoms with van der Waals surface area (Å²) in [5, 5.41) is 2.47. The van der Waals surface area contributed by atoms with Crippen molar-refractivity contribution in [2.45, 2.75) is 0 Å². The molecule has 0 heterocycles. The molecule has 0 fully saturated rings. The molecule has 110 valence electrons. The molecule has 0 bridgehead atoms. The lowest BCUT2D eigenvalue weighted by Gasteiger charge is -2.18. The summed E-state index contributed by atoms with van der Waals surface area (Å²) in [7, 11) is -0.955. The molecule has 1 atom stereocenters. The molecule has 0 aliphatic rings. The van der Waals surface area contributed by atoms with Gasteiger partial charge in [-0.2, -0.15) is 0 Å². The molecule has 0 N–H and O–H groups in total. The average Bonchev–Trinajstić information content (AvgIpc) is 2.59. The van der Waals surface area contributed by atoms with Gasteiger partial charge in [-0.1, -0.05) is 66.7 Å². The molecule has 0 aliphatic heterocycles. The summed E-state index contributed by atoms with van der Waals surface area (Å²) in [6.45, 7) is 0. The Morgan fingerprint density at radius 1 is 0.682 bits per heavy atom. The van der Waals surface area contributed by atoms with Crippen molar-refractivity contribution in [3.05, 3.63) is 84.9 Å². The molecule has 22 heavy (non-hydrogen) atoms. The summed E-state index contributed by atoms with van der Waals surface area (Å²) in [4.78, 5) is 0. The summed E-state index contributed by atoms with van der Waals surface area (Å²) in [6.07, 6.45) is 0. The largest absolute Gasteiger partial charge is 0.459 e. The normalized spacial score (nSPS) is 12.0. The van der Waals surface area contributed by atoms with Crippen molar-refractivity contribution in [2.24, 2.45) is 0 Å². The molecule has 3 aromatic carbocycles. The lowest BCUT2D eigenvalue weighted by atomic mass is 10.3. The van der Waals surface area contributed by atoms with Gasteiger partial charge in [-0.05, 0) is 23.4 Å². The van der Waals surface area contributed by atoms with Gasteiger partial charge in [0.05, 0.1) is 0 Å². The van der Waals surface area contributed by atoms with Crippen molar-refractivity contribution in [1.82, 2.24) is 0 Å². The Morgan fingerprint density at radius 3 is 1.95 bits per heavy atom. The number of ether oxygens (including phenoxy) is 1. The second-order valence-electron chi connectivity index (χ2n) is 4.98. The standard InChI is InChI=1S/C18H18O2Si2/c21-20-22(16-11-5-2-6-12-16)18-14-8-7-13-17(18)19-15-9-3-1-4-10-15/h1-14,22H,21H3. The van der Waals surface area contributed by atoms with Crippen LogP contribution in [0.1, 0.15) is 0 Å². The highest BCUT2D eigenvalue weighted by Gasteiger charge is 2.20. The molecule has 0 spiro atoms. The van der Waals surface area contributed by atoms with Gasteiger partial charge < -0.3 is 8.85 Å². The first-order valence-electron chi connectivity index (χ1n) is 7.28. The Bertz CT molecular complexity index is 717. The van der Waals surface area contributed by atoms with E-state index >= 15 is 0 Å². The third kappa shape index (κ3) is 3.36. The van der Waals surface area contributed by atoms with Gasteiger partial charge in [0.1, 0.15) is 22.0 Å². The number of hydrogen-bond donors (Lipinski definition) is 0. The van der Waals surface area contributed by atoms with Gasteiger partial charge in [-0.25, -0.2) is 0 Å². The zero-order chi connectivity index (χ0) is 15.2. The Labute approximate surface area is 135 Å². The molecule has 2 nitrogen and oxygen atoms in total. The molecule has 3 aromatic rings. The number of hydrogen-bond acceptors (Lipinski definition) is 2. The fourth-order valence-electron chi connectivity index (χ4n) is 2.48. The molecule has 0 aliphatic carbocycles. The van der Waals surface area contributed by atoms with Crippen molar-refractivity contribution in [2.75, 3.05) is 0 Å². The van der Waals surface area contributed by atoms with Crippen LogP contribution < -0.4 is 15.1 Å². The van der Waals surface area contributed by atoms with E-state index in [9.17, 15) is 0 Å². The van der Waals surface area contributed by atoms with E-state index in [1.165, 1.54) is 10.4 Å². The number of benzene rings is 3. The predicted molar refractivity (Wildman–Crippen MR) is 96.8 cm³/mol. The summed E-state index contributed by atoms with van der Waals surface area (Å²) >= 11 is 0. The predicted octanol–water partition coefficient (Wildman–Crippen LogP) is 1.61. The second-order valence-corrected chi connectivity index (χ2v) is 8.91.